The highest BCUT2D eigenvalue weighted by Gasteiger charge is 2.30. The van der Waals surface area contributed by atoms with Gasteiger partial charge in [-0.1, -0.05) is 30.3 Å². The van der Waals surface area contributed by atoms with Crippen LogP contribution in [0.2, 0.25) is 0 Å². The third-order valence-corrected chi connectivity index (χ3v) is 5.84. The maximum Gasteiger partial charge on any atom is 0.344 e. The second-order valence-corrected chi connectivity index (χ2v) is 8.23. The number of carbonyl (C=O) groups excluding carboxylic acids is 1. The molecule has 3 heterocycles. The van der Waals surface area contributed by atoms with Gasteiger partial charge in [0.2, 0.25) is 5.43 Å². The van der Waals surface area contributed by atoms with E-state index in [-0.39, 0.29) is 35.5 Å². The number of benzene rings is 1. The van der Waals surface area contributed by atoms with Crippen molar-refractivity contribution in [3.63, 3.8) is 0 Å². The predicted octanol–water partition coefficient (Wildman–Crippen LogP) is 2.76. The topological polar surface area (TPSA) is 90.4 Å². The van der Waals surface area contributed by atoms with Crippen LogP contribution in [0.15, 0.2) is 47.4 Å². The highest BCUT2D eigenvalue weighted by atomic mass is 19.1. The van der Waals surface area contributed by atoms with E-state index in [0.717, 1.165) is 24.8 Å². The fourth-order valence-corrected chi connectivity index (χ4v) is 4.02. The number of ether oxygens (including phenoxy) is 1. The summed E-state index contributed by atoms with van der Waals surface area (Å²) < 4.78 is 22.1. The highest BCUT2D eigenvalue weighted by molar-refractivity contribution is 5.93. The van der Waals surface area contributed by atoms with Crippen LogP contribution in [0.25, 0.3) is 11.0 Å². The molecular weight excluding hydrogens is 399 g/mol. The number of nitrogens with zero attached hydrogens (tertiary/aromatic N) is 3. The van der Waals surface area contributed by atoms with E-state index in [4.69, 9.17) is 10.5 Å². The van der Waals surface area contributed by atoms with Crippen LogP contribution in [-0.2, 0) is 11.3 Å². The molecule has 0 amide bonds. The Bertz CT molecular complexity index is 1210. The Morgan fingerprint density at radius 1 is 1.23 bits per heavy atom. The SMILES string of the molecule is N[C@H]1CCN(c2nc3c(cc2F)c(=O)c(C(=O)OCc2ccccc2)cn3C2CC2)C1. The van der Waals surface area contributed by atoms with E-state index in [1.165, 1.54) is 12.3 Å². The molecule has 3 aromatic rings. The molecule has 0 spiro atoms. The molecule has 1 aromatic carbocycles. The molecule has 2 N–H and O–H groups in total. The van der Waals surface area contributed by atoms with Crippen molar-refractivity contribution in [3.05, 3.63) is 69.8 Å². The van der Waals surface area contributed by atoms with E-state index in [9.17, 15) is 14.0 Å². The summed E-state index contributed by atoms with van der Waals surface area (Å²) in [5.41, 5.74) is 6.50. The lowest BCUT2D eigenvalue weighted by molar-refractivity contribution is 0.0470. The number of nitrogens with two attached hydrogens (primary N) is 1. The molecule has 1 atom stereocenters. The number of aromatic nitrogens is 2. The molecule has 0 bridgehead atoms. The molecule has 5 rings (SSSR count). The minimum absolute atomic E-state index is 0.0238. The van der Waals surface area contributed by atoms with Gasteiger partial charge < -0.3 is 19.9 Å². The van der Waals surface area contributed by atoms with E-state index in [2.05, 4.69) is 4.98 Å². The van der Waals surface area contributed by atoms with Gasteiger partial charge in [0.15, 0.2) is 11.6 Å². The summed E-state index contributed by atoms with van der Waals surface area (Å²) in [6, 6.07) is 10.5. The molecular formula is C23H23FN4O3. The largest absolute Gasteiger partial charge is 0.457 e. The second kappa shape index (κ2) is 7.77. The lowest BCUT2D eigenvalue weighted by Crippen LogP contribution is -2.28. The van der Waals surface area contributed by atoms with Crippen LogP contribution in [0.4, 0.5) is 10.2 Å². The molecule has 0 radical (unpaired) electrons. The molecule has 0 unspecified atom stereocenters. The zero-order valence-corrected chi connectivity index (χ0v) is 17.0. The first-order valence-electron chi connectivity index (χ1n) is 10.5. The summed E-state index contributed by atoms with van der Waals surface area (Å²) in [5, 5.41) is 0.0887. The Balaban J connectivity index is 1.54. The summed E-state index contributed by atoms with van der Waals surface area (Å²) in [6.45, 7) is 1.20. The van der Waals surface area contributed by atoms with Crippen molar-refractivity contribution in [2.24, 2.45) is 5.73 Å². The number of hydrogen-bond acceptors (Lipinski definition) is 6. The monoisotopic (exact) mass is 422 g/mol. The van der Waals surface area contributed by atoms with Gasteiger partial charge in [0.25, 0.3) is 0 Å². The molecule has 2 aliphatic rings. The average Bonchev–Trinajstić information content (AvgIpc) is 3.53. The van der Waals surface area contributed by atoms with Gasteiger partial charge in [-0.15, -0.1) is 0 Å². The van der Waals surface area contributed by atoms with Gasteiger partial charge in [0, 0.05) is 31.4 Å². The van der Waals surface area contributed by atoms with Gasteiger partial charge in [-0.05, 0) is 30.9 Å². The lowest BCUT2D eigenvalue weighted by atomic mass is 10.1. The van der Waals surface area contributed by atoms with Gasteiger partial charge in [0.1, 0.15) is 17.8 Å². The van der Waals surface area contributed by atoms with Gasteiger partial charge in [-0.2, -0.15) is 0 Å². The van der Waals surface area contributed by atoms with Crippen molar-refractivity contribution in [2.75, 3.05) is 18.0 Å². The standard InChI is InChI=1S/C23H23FN4O3/c24-19-10-17-20(29)18(23(30)31-13-14-4-2-1-3-5-14)12-28(16-6-7-16)21(17)26-22(19)27-9-8-15(25)11-27/h1-5,10,12,15-16H,6-9,11,13,25H2/t15-/m0/s1. The Labute approximate surface area is 178 Å². The summed E-state index contributed by atoms with van der Waals surface area (Å²) in [7, 11) is 0. The first-order chi connectivity index (χ1) is 15.0. The Hall–Kier alpha value is -3.26. The van der Waals surface area contributed by atoms with Crippen LogP contribution >= 0.6 is 0 Å². The smallest absolute Gasteiger partial charge is 0.344 e. The zero-order chi connectivity index (χ0) is 21.5. The van der Waals surface area contributed by atoms with E-state index < -0.39 is 17.2 Å². The molecule has 1 aliphatic heterocycles. The first-order valence-corrected chi connectivity index (χ1v) is 10.5. The van der Waals surface area contributed by atoms with Crippen molar-refractivity contribution < 1.29 is 13.9 Å². The molecule has 1 saturated carbocycles. The average molecular weight is 422 g/mol. The zero-order valence-electron chi connectivity index (χ0n) is 17.0. The fraction of sp³-hybridized carbons (Fsp3) is 0.348. The van der Waals surface area contributed by atoms with E-state index in [0.29, 0.717) is 18.7 Å². The van der Waals surface area contributed by atoms with Gasteiger partial charge in [-0.3, -0.25) is 4.79 Å². The van der Waals surface area contributed by atoms with E-state index in [1.54, 1.807) is 0 Å². The van der Waals surface area contributed by atoms with Crippen molar-refractivity contribution in [2.45, 2.75) is 38.0 Å². The number of anilines is 1. The molecule has 2 fully saturated rings. The van der Waals surface area contributed by atoms with Crippen LogP contribution in [0.3, 0.4) is 0 Å². The minimum Gasteiger partial charge on any atom is -0.457 e. The lowest BCUT2D eigenvalue weighted by Gasteiger charge is -2.19. The molecule has 8 heteroatoms. The van der Waals surface area contributed by atoms with Crippen LogP contribution in [0.1, 0.15) is 41.2 Å². The van der Waals surface area contributed by atoms with Crippen molar-refractivity contribution in [1.29, 1.82) is 0 Å². The third-order valence-electron chi connectivity index (χ3n) is 5.84. The van der Waals surface area contributed by atoms with Crippen molar-refractivity contribution >= 4 is 22.8 Å². The molecule has 2 aromatic heterocycles. The predicted molar refractivity (Wildman–Crippen MR) is 115 cm³/mol. The quantitative estimate of drug-likeness (QED) is 0.636. The molecule has 1 saturated heterocycles. The summed E-state index contributed by atoms with van der Waals surface area (Å²) >= 11 is 0. The number of fused-ring (bicyclic) bond motifs is 1. The van der Waals surface area contributed by atoms with E-state index in [1.807, 2.05) is 39.8 Å². The number of esters is 1. The highest BCUT2D eigenvalue weighted by Crippen LogP contribution is 2.37. The minimum atomic E-state index is -0.722. The van der Waals surface area contributed by atoms with Gasteiger partial charge in [-0.25, -0.2) is 14.2 Å². The Morgan fingerprint density at radius 2 is 2.00 bits per heavy atom. The first kappa shape index (κ1) is 19.7. The molecule has 31 heavy (non-hydrogen) atoms. The third kappa shape index (κ3) is 3.79. The maximum atomic E-state index is 14.9. The van der Waals surface area contributed by atoms with Crippen LogP contribution in [-0.4, -0.2) is 34.7 Å². The normalized spacial score (nSPS) is 18.5. The molecule has 160 valence electrons. The van der Waals surface area contributed by atoms with Gasteiger partial charge >= 0.3 is 5.97 Å². The summed E-state index contributed by atoms with van der Waals surface area (Å²) in [6.07, 6.45) is 4.11. The number of halogens is 1. The molecule has 7 nitrogen and oxygen atoms in total. The van der Waals surface area contributed by atoms with Crippen LogP contribution < -0.4 is 16.1 Å². The van der Waals surface area contributed by atoms with Crippen molar-refractivity contribution in [1.82, 2.24) is 9.55 Å². The summed E-state index contributed by atoms with van der Waals surface area (Å²) in [5.74, 6) is -1.11. The van der Waals surface area contributed by atoms with Gasteiger partial charge in [0.05, 0.1) is 5.39 Å². The van der Waals surface area contributed by atoms with Crippen molar-refractivity contribution in [3.8, 4) is 0 Å². The Kier molecular flexibility index (Phi) is 4.94. The number of hydrogen-bond donors (Lipinski definition) is 1. The second-order valence-electron chi connectivity index (χ2n) is 8.23. The van der Waals surface area contributed by atoms with Crippen LogP contribution in [0.5, 0.6) is 0 Å². The fourth-order valence-electron chi connectivity index (χ4n) is 4.02. The van der Waals surface area contributed by atoms with E-state index >= 15 is 0 Å². The van der Waals surface area contributed by atoms with Crippen LogP contribution in [0, 0.1) is 5.82 Å². The Morgan fingerprint density at radius 3 is 2.68 bits per heavy atom. The number of rotatable bonds is 5. The maximum absolute atomic E-state index is 14.9. The number of carbonyl (C=O) groups is 1. The summed E-state index contributed by atoms with van der Waals surface area (Å²) in [4.78, 5) is 32.1. The number of pyridine rings is 2. The molecule has 1 aliphatic carbocycles.